The van der Waals surface area contributed by atoms with Crippen LogP contribution < -0.4 is 10.1 Å². The second-order valence-electron chi connectivity index (χ2n) is 3.66. The van der Waals surface area contributed by atoms with Gasteiger partial charge in [-0.15, -0.1) is 0 Å². The summed E-state index contributed by atoms with van der Waals surface area (Å²) in [5.41, 5.74) is 2.99. The minimum atomic E-state index is -0.0449. The van der Waals surface area contributed by atoms with Gasteiger partial charge in [-0.05, 0) is 42.9 Å². The van der Waals surface area contributed by atoms with Crippen LogP contribution in [0.2, 0.25) is 0 Å². The van der Waals surface area contributed by atoms with E-state index in [9.17, 15) is 4.79 Å². The Morgan fingerprint density at radius 1 is 1.38 bits per heavy atom. The van der Waals surface area contributed by atoms with Crippen molar-refractivity contribution in [3.05, 3.63) is 23.3 Å². The number of anilines is 1. The molecular formula is C12H17NO2S. The Hall–Kier alpha value is -1.16. The molecule has 0 unspecified atom stereocenters. The Kier molecular flexibility index (Phi) is 4.68. The Bertz CT molecular complexity index is 391. The van der Waals surface area contributed by atoms with Crippen LogP contribution in [0.15, 0.2) is 12.1 Å². The summed E-state index contributed by atoms with van der Waals surface area (Å²) in [4.78, 5) is 11.5. The fraction of sp³-hybridized carbons (Fsp3) is 0.417. The Morgan fingerprint density at radius 3 is 2.56 bits per heavy atom. The number of ether oxygens (including phenoxy) is 1. The number of nitrogens with one attached hydrogen (secondary N) is 1. The first-order valence-corrected chi connectivity index (χ1v) is 5.77. The molecule has 1 N–H and O–H groups in total. The summed E-state index contributed by atoms with van der Waals surface area (Å²) in [5, 5.41) is 2.82. The molecule has 0 spiro atoms. The van der Waals surface area contributed by atoms with E-state index in [1.54, 1.807) is 7.11 Å². The van der Waals surface area contributed by atoms with E-state index in [4.69, 9.17) is 4.74 Å². The molecule has 0 bridgehead atoms. The molecule has 0 atom stereocenters. The molecule has 0 radical (unpaired) electrons. The van der Waals surface area contributed by atoms with Gasteiger partial charge in [-0.1, -0.05) is 0 Å². The molecule has 1 aromatic rings. The predicted octanol–water partition coefficient (Wildman–Crippen LogP) is 2.57. The maximum atomic E-state index is 11.5. The molecule has 0 saturated heterocycles. The van der Waals surface area contributed by atoms with Crippen molar-refractivity contribution in [3.63, 3.8) is 0 Å². The molecule has 0 aliphatic heterocycles. The van der Waals surface area contributed by atoms with E-state index in [1.807, 2.05) is 26.0 Å². The average molecular weight is 239 g/mol. The maximum absolute atomic E-state index is 11.5. The van der Waals surface area contributed by atoms with Crippen molar-refractivity contribution >= 4 is 24.2 Å². The quantitative estimate of drug-likeness (QED) is 0.793. The molecular weight excluding hydrogens is 222 g/mol. The van der Waals surface area contributed by atoms with E-state index in [0.717, 1.165) is 16.8 Å². The normalized spacial score (nSPS) is 10.0. The maximum Gasteiger partial charge on any atom is 0.225 e. The molecule has 1 rings (SSSR count). The summed E-state index contributed by atoms with van der Waals surface area (Å²) < 4.78 is 5.23. The predicted molar refractivity (Wildman–Crippen MR) is 69.6 cm³/mol. The minimum absolute atomic E-state index is 0.0449. The van der Waals surface area contributed by atoms with Crippen molar-refractivity contribution in [2.45, 2.75) is 20.3 Å². The topological polar surface area (TPSA) is 38.3 Å². The van der Waals surface area contributed by atoms with Crippen LogP contribution in [0, 0.1) is 13.8 Å². The molecule has 0 aromatic heterocycles. The third-order valence-electron chi connectivity index (χ3n) is 2.43. The van der Waals surface area contributed by atoms with E-state index in [2.05, 4.69) is 17.9 Å². The lowest BCUT2D eigenvalue weighted by Crippen LogP contribution is -2.12. The van der Waals surface area contributed by atoms with Crippen molar-refractivity contribution in [1.82, 2.24) is 0 Å². The summed E-state index contributed by atoms with van der Waals surface area (Å²) in [6.45, 7) is 4.01. The number of hydrogen-bond acceptors (Lipinski definition) is 3. The average Bonchev–Trinajstić information content (AvgIpc) is 2.23. The van der Waals surface area contributed by atoms with Crippen LogP contribution >= 0.6 is 12.6 Å². The summed E-state index contributed by atoms with van der Waals surface area (Å²) in [5.74, 6) is 1.19. The third kappa shape index (κ3) is 3.17. The largest absolute Gasteiger partial charge is 0.495 e. The van der Waals surface area contributed by atoms with Crippen LogP contribution in [0.4, 0.5) is 5.69 Å². The van der Waals surface area contributed by atoms with Crippen molar-refractivity contribution in [2.24, 2.45) is 0 Å². The molecule has 3 nitrogen and oxygen atoms in total. The molecule has 0 aliphatic rings. The first-order chi connectivity index (χ1) is 7.58. The first kappa shape index (κ1) is 12.9. The van der Waals surface area contributed by atoms with Crippen molar-refractivity contribution in [2.75, 3.05) is 18.2 Å². The zero-order valence-corrected chi connectivity index (χ0v) is 10.7. The Morgan fingerprint density at radius 2 is 2.00 bits per heavy atom. The molecule has 1 aromatic carbocycles. The van der Waals surface area contributed by atoms with Gasteiger partial charge >= 0.3 is 0 Å². The number of rotatable bonds is 4. The lowest BCUT2D eigenvalue weighted by atomic mass is 10.1. The van der Waals surface area contributed by atoms with Crippen LogP contribution in [0.25, 0.3) is 0 Å². The molecule has 0 saturated carbocycles. The standard InChI is InChI=1S/C12H17NO2S/c1-8-6-10(13-12(14)4-5-16)11(15-3)7-9(8)2/h6-7,16H,4-5H2,1-3H3,(H,13,14). The lowest BCUT2D eigenvalue weighted by molar-refractivity contribution is -0.115. The number of carbonyl (C=O) groups is 1. The molecule has 0 aliphatic carbocycles. The van der Waals surface area contributed by atoms with Gasteiger partial charge in [-0.3, -0.25) is 4.79 Å². The fourth-order valence-corrected chi connectivity index (χ4v) is 1.57. The fourth-order valence-electron chi connectivity index (χ4n) is 1.37. The van der Waals surface area contributed by atoms with Gasteiger partial charge in [0.15, 0.2) is 0 Å². The van der Waals surface area contributed by atoms with Crippen LogP contribution in [-0.4, -0.2) is 18.8 Å². The second kappa shape index (κ2) is 5.80. The van der Waals surface area contributed by atoms with E-state index >= 15 is 0 Å². The molecule has 16 heavy (non-hydrogen) atoms. The number of aryl methyl sites for hydroxylation is 2. The van der Waals surface area contributed by atoms with Gasteiger partial charge in [0.25, 0.3) is 0 Å². The number of benzene rings is 1. The molecule has 0 fully saturated rings. The highest BCUT2D eigenvalue weighted by Gasteiger charge is 2.08. The summed E-state index contributed by atoms with van der Waals surface area (Å²) in [6.07, 6.45) is 0.402. The lowest BCUT2D eigenvalue weighted by Gasteiger charge is -2.12. The van der Waals surface area contributed by atoms with E-state index < -0.39 is 0 Å². The molecule has 88 valence electrons. The first-order valence-electron chi connectivity index (χ1n) is 5.14. The third-order valence-corrected chi connectivity index (χ3v) is 2.65. The van der Waals surface area contributed by atoms with Crippen LogP contribution in [-0.2, 0) is 4.79 Å². The molecule has 4 heteroatoms. The summed E-state index contributed by atoms with van der Waals surface area (Å²) in [6, 6.07) is 3.84. The van der Waals surface area contributed by atoms with Crippen LogP contribution in [0.1, 0.15) is 17.5 Å². The van der Waals surface area contributed by atoms with Gasteiger partial charge in [0, 0.05) is 6.42 Å². The monoisotopic (exact) mass is 239 g/mol. The van der Waals surface area contributed by atoms with Crippen LogP contribution in [0.3, 0.4) is 0 Å². The van der Waals surface area contributed by atoms with E-state index in [0.29, 0.717) is 17.9 Å². The highest BCUT2D eigenvalue weighted by molar-refractivity contribution is 7.80. The van der Waals surface area contributed by atoms with Gasteiger partial charge in [-0.2, -0.15) is 12.6 Å². The number of amides is 1. The van der Waals surface area contributed by atoms with Gasteiger partial charge in [0.1, 0.15) is 5.75 Å². The Balaban J connectivity index is 2.94. The Labute approximate surface area is 102 Å². The van der Waals surface area contributed by atoms with E-state index in [-0.39, 0.29) is 5.91 Å². The van der Waals surface area contributed by atoms with Gasteiger partial charge in [0.2, 0.25) is 5.91 Å². The number of thiol groups is 1. The molecule has 1 amide bonds. The zero-order valence-electron chi connectivity index (χ0n) is 9.83. The zero-order chi connectivity index (χ0) is 12.1. The smallest absolute Gasteiger partial charge is 0.225 e. The summed E-state index contributed by atoms with van der Waals surface area (Å²) in [7, 11) is 1.60. The van der Waals surface area contributed by atoms with Gasteiger partial charge in [0.05, 0.1) is 12.8 Å². The highest BCUT2D eigenvalue weighted by atomic mass is 32.1. The van der Waals surface area contributed by atoms with Gasteiger partial charge in [-0.25, -0.2) is 0 Å². The van der Waals surface area contributed by atoms with Crippen molar-refractivity contribution in [1.29, 1.82) is 0 Å². The van der Waals surface area contributed by atoms with Crippen LogP contribution in [0.5, 0.6) is 5.75 Å². The van der Waals surface area contributed by atoms with Crippen molar-refractivity contribution < 1.29 is 9.53 Å². The summed E-state index contributed by atoms with van der Waals surface area (Å²) >= 11 is 4.02. The number of hydrogen-bond donors (Lipinski definition) is 2. The SMILES string of the molecule is COc1cc(C)c(C)cc1NC(=O)CCS. The van der Waals surface area contributed by atoms with E-state index in [1.165, 1.54) is 0 Å². The molecule has 0 heterocycles. The minimum Gasteiger partial charge on any atom is -0.495 e. The van der Waals surface area contributed by atoms with Crippen molar-refractivity contribution in [3.8, 4) is 5.75 Å². The van der Waals surface area contributed by atoms with Gasteiger partial charge < -0.3 is 10.1 Å². The number of carbonyl (C=O) groups excluding carboxylic acids is 1. The highest BCUT2D eigenvalue weighted by Crippen LogP contribution is 2.27. The number of methoxy groups -OCH3 is 1. The second-order valence-corrected chi connectivity index (χ2v) is 4.11.